The first-order valence-electron chi connectivity index (χ1n) is 10.3. The van der Waals surface area contributed by atoms with Crippen LogP contribution in [0.1, 0.15) is 25.2 Å². The number of hydrogen-bond donors (Lipinski definition) is 2. The fourth-order valence-corrected chi connectivity index (χ4v) is 3.99. The number of aromatic amines is 1. The summed E-state index contributed by atoms with van der Waals surface area (Å²) >= 11 is 7.69. The monoisotopic (exact) mass is 508 g/mol. The third kappa shape index (κ3) is 5.48. The highest BCUT2D eigenvalue weighted by molar-refractivity contribution is 8.00. The van der Waals surface area contributed by atoms with E-state index in [9.17, 15) is 8.78 Å². The number of ether oxygens (including phenoxy) is 2. The van der Waals surface area contributed by atoms with Gasteiger partial charge in [-0.2, -0.15) is 13.8 Å². The summed E-state index contributed by atoms with van der Waals surface area (Å²) in [6, 6.07) is 3.67. The van der Waals surface area contributed by atoms with Crippen LogP contribution in [0.15, 0.2) is 35.6 Å². The van der Waals surface area contributed by atoms with Crippen molar-refractivity contribution in [3.63, 3.8) is 0 Å². The second-order valence-corrected chi connectivity index (χ2v) is 7.85. The molecule has 4 aromatic rings. The van der Waals surface area contributed by atoms with E-state index in [1.165, 1.54) is 26.0 Å². The molecule has 0 aliphatic heterocycles. The van der Waals surface area contributed by atoms with Crippen LogP contribution in [0.25, 0.3) is 22.2 Å². The van der Waals surface area contributed by atoms with Crippen LogP contribution < -0.4 is 14.2 Å². The van der Waals surface area contributed by atoms with E-state index in [-0.39, 0.29) is 23.3 Å². The molecular formula is C22H23ClF2N6O2S. The average Bonchev–Trinajstić information content (AvgIpc) is 3.24. The zero-order chi connectivity index (χ0) is 24.8. The number of hydrogen-bond acceptors (Lipinski definition) is 8. The predicted molar refractivity (Wildman–Crippen MR) is 130 cm³/mol. The summed E-state index contributed by atoms with van der Waals surface area (Å²) < 4.78 is 37.8. The summed E-state index contributed by atoms with van der Waals surface area (Å²) in [5.41, 5.74) is 3.21. The van der Waals surface area contributed by atoms with E-state index in [4.69, 9.17) is 16.3 Å². The Kier molecular flexibility index (Phi) is 8.46. The van der Waals surface area contributed by atoms with Gasteiger partial charge in [0, 0.05) is 23.3 Å². The topological polar surface area (TPSA) is 97.8 Å². The molecule has 8 nitrogen and oxygen atoms in total. The van der Waals surface area contributed by atoms with Crippen molar-refractivity contribution >= 4 is 40.4 Å². The second-order valence-electron chi connectivity index (χ2n) is 6.59. The molecule has 180 valence electrons. The number of benzene rings is 1. The highest BCUT2D eigenvalue weighted by atomic mass is 35.5. The van der Waals surface area contributed by atoms with Crippen molar-refractivity contribution in [2.24, 2.45) is 0 Å². The lowest BCUT2D eigenvalue weighted by Gasteiger charge is -2.12. The van der Waals surface area contributed by atoms with Gasteiger partial charge in [0.15, 0.2) is 0 Å². The number of anilines is 1. The molecule has 34 heavy (non-hydrogen) atoms. The van der Waals surface area contributed by atoms with Crippen molar-refractivity contribution in [3.8, 4) is 22.9 Å². The summed E-state index contributed by atoms with van der Waals surface area (Å²) in [6.07, 6.45) is 5.16. The summed E-state index contributed by atoms with van der Waals surface area (Å²) in [5.74, 6) is -0.116. The number of H-pyrrole nitrogens is 1. The normalized spacial score (nSPS) is 10.7. The van der Waals surface area contributed by atoms with E-state index < -0.39 is 6.61 Å². The predicted octanol–water partition coefficient (Wildman–Crippen LogP) is 6.44. The molecule has 0 amide bonds. The van der Waals surface area contributed by atoms with E-state index in [0.29, 0.717) is 10.7 Å². The molecule has 0 saturated heterocycles. The molecule has 0 atom stereocenters. The summed E-state index contributed by atoms with van der Waals surface area (Å²) in [6.45, 7) is 4.38. The molecule has 0 saturated carbocycles. The van der Waals surface area contributed by atoms with Crippen LogP contribution in [-0.2, 0) is 0 Å². The van der Waals surface area contributed by atoms with Crippen molar-refractivity contribution in [2.75, 3.05) is 11.8 Å². The molecule has 0 fully saturated rings. The van der Waals surface area contributed by atoms with Crippen LogP contribution in [0, 0.1) is 13.8 Å². The van der Waals surface area contributed by atoms with Gasteiger partial charge in [-0.15, -0.1) is 0 Å². The van der Waals surface area contributed by atoms with Crippen LogP contribution in [-0.4, -0.2) is 38.6 Å². The van der Waals surface area contributed by atoms with Gasteiger partial charge >= 0.3 is 6.61 Å². The van der Waals surface area contributed by atoms with Crippen molar-refractivity contribution in [1.29, 1.82) is 0 Å². The molecule has 0 aliphatic carbocycles. The van der Waals surface area contributed by atoms with Gasteiger partial charge in [-0.1, -0.05) is 31.5 Å². The zero-order valence-corrected chi connectivity index (χ0v) is 20.7. The van der Waals surface area contributed by atoms with Gasteiger partial charge < -0.3 is 14.5 Å². The lowest BCUT2D eigenvalue weighted by molar-refractivity contribution is -0.0523. The highest BCUT2D eigenvalue weighted by Gasteiger charge is 2.19. The lowest BCUT2D eigenvalue weighted by atomic mass is 10.1. The first kappa shape index (κ1) is 25.4. The Balaban J connectivity index is 0.00000158. The number of fused-ring (bicyclic) bond motifs is 1. The maximum absolute atomic E-state index is 12.6. The standard InChI is InChI=1S/C20H17ClF2N6O2S.C2H6/c1-9-6-25-13(7-24-9)15-12(21)5-4-11-14(8-26-16(11)15)32-29-20-27-10(2)17(31-19(22)23)18(28-20)30-3;1-2/h4-8,19,26H,1-3H3,(H,27,28,29);1-2H3. The lowest BCUT2D eigenvalue weighted by Crippen LogP contribution is -2.08. The third-order valence-corrected chi connectivity index (χ3v) is 5.62. The minimum atomic E-state index is -3.01. The van der Waals surface area contributed by atoms with Gasteiger partial charge in [-0.05, 0) is 31.9 Å². The van der Waals surface area contributed by atoms with Gasteiger partial charge in [0.05, 0.1) is 45.8 Å². The first-order valence-corrected chi connectivity index (χ1v) is 11.5. The molecule has 0 radical (unpaired) electrons. The van der Waals surface area contributed by atoms with E-state index in [0.717, 1.165) is 27.1 Å². The van der Waals surface area contributed by atoms with Crippen molar-refractivity contribution in [3.05, 3.63) is 47.1 Å². The number of methoxy groups -OCH3 is 1. The number of nitrogens with zero attached hydrogens (tertiary/aromatic N) is 4. The summed E-state index contributed by atoms with van der Waals surface area (Å²) in [4.78, 5) is 21.1. The molecule has 0 spiro atoms. The Labute approximate surface area is 204 Å². The molecule has 3 aromatic heterocycles. The second kappa shape index (κ2) is 11.3. The maximum Gasteiger partial charge on any atom is 0.387 e. The molecular weight excluding hydrogens is 486 g/mol. The Morgan fingerprint density at radius 3 is 2.53 bits per heavy atom. The first-order chi connectivity index (χ1) is 16.4. The van der Waals surface area contributed by atoms with Crippen LogP contribution in [0.5, 0.6) is 11.6 Å². The molecule has 2 N–H and O–H groups in total. The zero-order valence-electron chi connectivity index (χ0n) is 19.1. The molecule has 1 aromatic carbocycles. The minimum absolute atomic E-state index is 0.0909. The third-order valence-electron chi connectivity index (χ3n) is 4.46. The van der Waals surface area contributed by atoms with E-state index in [2.05, 4.69) is 34.4 Å². The fourth-order valence-electron chi connectivity index (χ4n) is 3.05. The number of alkyl halides is 2. The van der Waals surface area contributed by atoms with Crippen molar-refractivity contribution in [1.82, 2.24) is 24.9 Å². The molecule has 0 unspecified atom stereocenters. The number of halogens is 3. The van der Waals surface area contributed by atoms with E-state index in [1.54, 1.807) is 18.5 Å². The average molecular weight is 509 g/mol. The fraction of sp³-hybridized carbons (Fsp3) is 0.273. The van der Waals surface area contributed by atoms with Crippen LogP contribution >= 0.6 is 23.5 Å². The van der Waals surface area contributed by atoms with E-state index in [1.807, 2.05) is 33.0 Å². The molecule has 12 heteroatoms. The Morgan fingerprint density at radius 2 is 1.88 bits per heavy atom. The quantitative estimate of drug-likeness (QED) is 0.275. The summed E-state index contributed by atoms with van der Waals surface area (Å²) in [7, 11) is 1.32. The molecule has 0 bridgehead atoms. The molecule has 0 aliphatic rings. The van der Waals surface area contributed by atoms with Gasteiger partial charge in [0.25, 0.3) is 5.88 Å². The highest BCUT2D eigenvalue weighted by Crippen LogP contribution is 2.38. The summed E-state index contributed by atoms with van der Waals surface area (Å²) in [5, 5.41) is 1.44. The minimum Gasteiger partial charge on any atom is -0.478 e. The number of aromatic nitrogens is 5. The Morgan fingerprint density at radius 1 is 1.12 bits per heavy atom. The Bertz CT molecular complexity index is 1270. The molecule has 4 rings (SSSR count). The number of rotatable bonds is 7. The van der Waals surface area contributed by atoms with E-state index >= 15 is 0 Å². The van der Waals surface area contributed by atoms with Crippen molar-refractivity contribution in [2.45, 2.75) is 39.2 Å². The SMILES string of the molecule is CC.COc1nc(NSc2c[nH]c3c(-c4cnc(C)cn4)c(Cl)ccc23)nc(C)c1OC(F)F. The van der Waals surface area contributed by atoms with Crippen LogP contribution in [0.3, 0.4) is 0 Å². The Hall–Kier alpha value is -3.18. The van der Waals surface area contributed by atoms with Gasteiger partial charge in [-0.25, -0.2) is 4.98 Å². The number of nitrogens with one attached hydrogen (secondary N) is 2. The smallest absolute Gasteiger partial charge is 0.387 e. The molecule has 3 heterocycles. The van der Waals surface area contributed by atoms with Crippen LogP contribution in [0.4, 0.5) is 14.7 Å². The van der Waals surface area contributed by atoms with Gasteiger partial charge in [0.1, 0.15) is 0 Å². The van der Waals surface area contributed by atoms with Crippen molar-refractivity contribution < 1.29 is 18.3 Å². The van der Waals surface area contributed by atoms with Gasteiger partial charge in [0.2, 0.25) is 11.7 Å². The largest absolute Gasteiger partial charge is 0.478 e. The maximum atomic E-state index is 12.6. The van der Waals surface area contributed by atoms with Gasteiger partial charge in [-0.3, -0.25) is 14.7 Å². The number of aryl methyl sites for hydroxylation is 2. The van der Waals surface area contributed by atoms with Crippen LogP contribution in [0.2, 0.25) is 5.02 Å².